The van der Waals surface area contributed by atoms with Crippen LogP contribution in [0.2, 0.25) is 0 Å². The fraction of sp³-hybridized carbons (Fsp3) is 0.143. The zero-order valence-electron chi connectivity index (χ0n) is 12.6. The van der Waals surface area contributed by atoms with Gasteiger partial charge < -0.3 is 0 Å². The molecule has 0 nitrogen and oxygen atoms in total. The van der Waals surface area contributed by atoms with Crippen molar-refractivity contribution in [3.05, 3.63) is 83.9 Å². The van der Waals surface area contributed by atoms with Gasteiger partial charge in [-0.1, -0.05) is 85.3 Å². The van der Waals surface area contributed by atoms with Crippen LogP contribution in [0.5, 0.6) is 0 Å². The molecule has 0 atom stereocenters. The zero-order valence-corrected chi connectivity index (χ0v) is 12.6. The molecular weight excluding hydrogens is 252 g/mol. The van der Waals surface area contributed by atoms with Gasteiger partial charge in [0.2, 0.25) is 0 Å². The molecule has 0 saturated heterocycles. The quantitative estimate of drug-likeness (QED) is 0.557. The maximum absolute atomic E-state index is 2.24. The molecule has 104 valence electrons. The average Bonchev–Trinajstić information content (AvgIpc) is 2.55. The summed E-state index contributed by atoms with van der Waals surface area (Å²) in [6.07, 6.45) is 1.04. The lowest BCUT2D eigenvalue weighted by Gasteiger charge is -2.14. The van der Waals surface area contributed by atoms with Crippen LogP contribution in [-0.4, -0.2) is 0 Å². The first-order valence-corrected chi connectivity index (χ1v) is 7.54. The molecule has 0 fully saturated rings. The fourth-order valence-corrected chi connectivity index (χ4v) is 2.86. The van der Waals surface area contributed by atoms with Crippen molar-refractivity contribution in [1.82, 2.24) is 0 Å². The van der Waals surface area contributed by atoms with E-state index in [2.05, 4.69) is 86.6 Å². The average molecular weight is 272 g/mol. The molecule has 3 aromatic rings. The third-order valence-electron chi connectivity index (χ3n) is 3.98. The second-order valence-electron chi connectivity index (χ2n) is 5.42. The third kappa shape index (κ3) is 2.75. The van der Waals surface area contributed by atoms with Crippen molar-refractivity contribution < 1.29 is 0 Å². The van der Waals surface area contributed by atoms with Gasteiger partial charge in [-0.2, -0.15) is 0 Å². The summed E-state index contributed by atoms with van der Waals surface area (Å²) in [5, 5.41) is 0. The normalized spacial score (nSPS) is 10.6. The minimum Gasteiger partial charge on any atom is -0.0622 e. The van der Waals surface area contributed by atoms with Gasteiger partial charge in [0, 0.05) is 0 Å². The molecule has 0 aliphatic heterocycles. The van der Waals surface area contributed by atoms with E-state index in [-0.39, 0.29) is 0 Å². The zero-order chi connectivity index (χ0) is 14.7. The largest absolute Gasteiger partial charge is 0.0622 e. The van der Waals surface area contributed by atoms with E-state index in [4.69, 9.17) is 0 Å². The lowest BCUT2D eigenvalue weighted by Crippen LogP contribution is -1.92. The van der Waals surface area contributed by atoms with Crippen LogP contribution in [0.25, 0.3) is 22.3 Å². The maximum Gasteiger partial charge on any atom is -0.0146 e. The van der Waals surface area contributed by atoms with Crippen molar-refractivity contribution in [1.29, 1.82) is 0 Å². The molecule has 0 N–H and O–H groups in total. The molecule has 0 unspecified atom stereocenters. The van der Waals surface area contributed by atoms with Crippen LogP contribution in [0, 0.1) is 6.92 Å². The van der Waals surface area contributed by atoms with E-state index in [1.54, 1.807) is 0 Å². The van der Waals surface area contributed by atoms with Crippen molar-refractivity contribution in [3.63, 3.8) is 0 Å². The van der Waals surface area contributed by atoms with Crippen LogP contribution in [0.1, 0.15) is 18.1 Å². The van der Waals surface area contributed by atoms with E-state index < -0.39 is 0 Å². The predicted octanol–water partition coefficient (Wildman–Crippen LogP) is 5.89. The number of hydrogen-bond donors (Lipinski definition) is 0. The van der Waals surface area contributed by atoms with Crippen LogP contribution in [0.4, 0.5) is 0 Å². The smallest absolute Gasteiger partial charge is 0.0146 e. The van der Waals surface area contributed by atoms with E-state index in [1.807, 2.05) is 0 Å². The van der Waals surface area contributed by atoms with Crippen LogP contribution in [0.15, 0.2) is 72.8 Å². The molecule has 0 aliphatic carbocycles. The molecule has 21 heavy (non-hydrogen) atoms. The Morgan fingerprint density at radius 1 is 0.619 bits per heavy atom. The first kappa shape index (κ1) is 13.6. The summed E-state index contributed by atoms with van der Waals surface area (Å²) in [6.45, 7) is 4.37. The predicted molar refractivity (Wildman–Crippen MR) is 91.4 cm³/mol. The van der Waals surface area contributed by atoms with E-state index >= 15 is 0 Å². The fourth-order valence-electron chi connectivity index (χ4n) is 2.86. The second-order valence-corrected chi connectivity index (χ2v) is 5.42. The monoisotopic (exact) mass is 272 g/mol. The Morgan fingerprint density at radius 3 is 1.76 bits per heavy atom. The van der Waals surface area contributed by atoms with Crippen molar-refractivity contribution in [3.8, 4) is 22.3 Å². The molecule has 0 aliphatic rings. The lowest BCUT2D eigenvalue weighted by atomic mass is 9.90. The minimum atomic E-state index is 1.04. The Hall–Kier alpha value is -2.34. The highest BCUT2D eigenvalue weighted by molar-refractivity contribution is 5.78. The highest BCUT2D eigenvalue weighted by atomic mass is 14.1. The van der Waals surface area contributed by atoms with Gasteiger partial charge in [-0.05, 0) is 41.2 Å². The van der Waals surface area contributed by atoms with Crippen LogP contribution >= 0.6 is 0 Å². The van der Waals surface area contributed by atoms with Gasteiger partial charge in [-0.15, -0.1) is 0 Å². The van der Waals surface area contributed by atoms with E-state index in [0.717, 1.165) is 6.42 Å². The summed E-state index contributed by atoms with van der Waals surface area (Å²) in [4.78, 5) is 0. The number of benzene rings is 3. The SMILES string of the molecule is CCc1c(-c2ccccc2)cccc1-c1ccc(C)cc1. The number of rotatable bonds is 3. The Bertz CT molecular complexity index is 722. The first-order chi connectivity index (χ1) is 10.3. The second kappa shape index (κ2) is 5.97. The molecule has 0 bridgehead atoms. The molecule has 0 heteroatoms. The van der Waals surface area contributed by atoms with Crippen molar-refractivity contribution >= 4 is 0 Å². The molecule has 0 amide bonds. The Kier molecular flexibility index (Phi) is 3.87. The standard InChI is InChI=1S/C21H20/c1-3-19-20(17-8-5-4-6-9-17)10-7-11-21(19)18-14-12-16(2)13-15-18/h4-15H,3H2,1-2H3. The van der Waals surface area contributed by atoms with Gasteiger partial charge >= 0.3 is 0 Å². The van der Waals surface area contributed by atoms with E-state index in [1.165, 1.54) is 33.4 Å². The van der Waals surface area contributed by atoms with Crippen molar-refractivity contribution in [2.45, 2.75) is 20.3 Å². The third-order valence-corrected chi connectivity index (χ3v) is 3.98. The summed E-state index contributed by atoms with van der Waals surface area (Å²) in [5.41, 5.74) is 8.01. The topological polar surface area (TPSA) is 0 Å². The molecule has 3 rings (SSSR count). The molecule has 3 aromatic carbocycles. The summed E-state index contributed by atoms with van der Waals surface area (Å²) < 4.78 is 0. The summed E-state index contributed by atoms with van der Waals surface area (Å²) in [5.74, 6) is 0. The number of aryl methyl sites for hydroxylation is 1. The van der Waals surface area contributed by atoms with Crippen LogP contribution in [0.3, 0.4) is 0 Å². The van der Waals surface area contributed by atoms with Gasteiger partial charge in [0.05, 0.1) is 0 Å². The van der Waals surface area contributed by atoms with Gasteiger partial charge in [0.15, 0.2) is 0 Å². The Labute approximate surface area is 127 Å². The molecule has 0 heterocycles. The molecule has 0 aromatic heterocycles. The molecule has 0 spiro atoms. The summed E-state index contributed by atoms with van der Waals surface area (Å²) in [7, 11) is 0. The first-order valence-electron chi connectivity index (χ1n) is 7.54. The summed E-state index contributed by atoms with van der Waals surface area (Å²) in [6, 6.07) is 26.1. The van der Waals surface area contributed by atoms with Crippen molar-refractivity contribution in [2.24, 2.45) is 0 Å². The Morgan fingerprint density at radius 2 is 1.19 bits per heavy atom. The number of hydrogen-bond acceptors (Lipinski definition) is 0. The van der Waals surface area contributed by atoms with Crippen LogP contribution in [-0.2, 0) is 6.42 Å². The van der Waals surface area contributed by atoms with Gasteiger partial charge in [0.25, 0.3) is 0 Å². The van der Waals surface area contributed by atoms with E-state index in [9.17, 15) is 0 Å². The van der Waals surface area contributed by atoms with Crippen molar-refractivity contribution in [2.75, 3.05) is 0 Å². The minimum absolute atomic E-state index is 1.04. The highest BCUT2D eigenvalue weighted by Gasteiger charge is 2.09. The van der Waals surface area contributed by atoms with E-state index in [0.29, 0.717) is 0 Å². The summed E-state index contributed by atoms with van der Waals surface area (Å²) >= 11 is 0. The van der Waals surface area contributed by atoms with Gasteiger partial charge in [-0.3, -0.25) is 0 Å². The molecular formula is C21H20. The van der Waals surface area contributed by atoms with Gasteiger partial charge in [0.1, 0.15) is 0 Å². The molecule has 0 radical (unpaired) electrons. The molecule has 0 saturated carbocycles. The van der Waals surface area contributed by atoms with Gasteiger partial charge in [-0.25, -0.2) is 0 Å². The maximum atomic E-state index is 2.24. The highest BCUT2D eigenvalue weighted by Crippen LogP contribution is 2.32. The van der Waals surface area contributed by atoms with Crippen LogP contribution < -0.4 is 0 Å². The Balaban J connectivity index is 2.17. The lowest BCUT2D eigenvalue weighted by molar-refractivity contribution is 1.14.